The van der Waals surface area contributed by atoms with Gasteiger partial charge >= 0.3 is 6.09 Å². The fourth-order valence-corrected chi connectivity index (χ4v) is 4.32. The lowest BCUT2D eigenvalue weighted by Crippen LogP contribution is -2.37. The minimum atomic E-state index is -0.601. The van der Waals surface area contributed by atoms with Crippen LogP contribution in [0.3, 0.4) is 0 Å². The van der Waals surface area contributed by atoms with Crippen molar-refractivity contribution in [3.8, 4) is 0 Å². The molecule has 1 atom stereocenters. The molecule has 1 aromatic rings. The molecule has 2 amide bonds. The zero-order valence-electron chi connectivity index (χ0n) is 19.7. The van der Waals surface area contributed by atoms with Crippen LogP contribution in [0.5, 0.6) is 0 Å². The first-order chi connectivity index (χ1) is 14.2. The predicted octanol–water partition coefficient (Wildman–Crippen LogP) is 4.16. The highest BCUT2D eigenvalue weighted by Gasteiger charge is 2.32. The van der Waals surface area contributed by atoms with E-state index in [4.69, 9.17) is 4.74 Å². The van der Waals surface area contributed by atoms with Gasteiger partial charge in [-0.05, 0) is 55.0 Å². The molecule has 8 nitrogen and oxygen atoms in total. The number of ether oxygens (including phenoxy) is 1. The summed E-state index contributed by atoms with van der Waals surface area (Å²) >= 11 is 3.45. The van der Waals surface area contributed by atoms with Crippen molar-refractivity contribution in [1.82, 2.24) is 19.8 Å². The van der Waals surface area contributed by atoms with E-state index in [1.165, 1.54) is 0 Å². The van der Waals surface area contributed by atoms with Crippen molar-refractivity contribution >= 4 is 33.7 Å². The number of ketones is 1. The molecule has 0 saturated heterocycles. The molecule has 1 aliphatic rings. The van der Waals surface area contributed by atoms with Gasteiger partial charge in [0.15, 0.2) is 10.5 Å². The summed E-state index contributed by atoms with van der Waals surface area (Å²) in [7, 11) is 1.58. The maximum absolute atomic E-state index is 13.3. The van der Waals surface area contributed by atoms with Crippen molar-refractivity contribution in [3.05, 3.63) is 16.1 Å². The predicted molar refractivity (Wildman–Crippen MR) is 122 cm³/mol. The third-order valence-corrected chi connectivity index (χ3v) is 5.61. The van der Waals surface area contributed by atoms with Gasteiger partial charge in [0.2, 0.25) is 5.91 Å². The van der Waals surface area contributed by atoms with Crippen molar-refractivity contribution in [2.24, 2.45) is 11.3 Å². The Morgan fingerprint density at radius 2 is 1.81 bits per heavy atom. The molecule has 2 heterocycles. The Morgan fingerprint density at radius 3 is 2.35 bits per heavy atom. The van der Waals surface area contributed by atoms with Crippen LogP contribution < -0.4 is 5.32 Å². The van der Waals surface area contributed by atoms with Crippen LogP contribution in [0.25, 0.3) is 0 Å². The molecule has 0 fully saturated rings. The Balaban J connectivity index is 2.30. The van der Waals surface area contributed by atoms with Crippen molar-refractivity contribution in [1.29, 1.82) is 0 Å². The molecule has 0 bridgehead atoms. The summed E-state index contributed by atoms with van der Waals surface area (Å²) in [5, 5.41) is 2.67. The fourth-order valence-electron chi connectivity index (χ4n) is 3.75. The number of imidazole rings is 1. The standard InChI is InChI=1S/C22H35BrN4O4/c1-21(2,3)12-14(18(29)24-7)11-16(28)17-15-13-26(20(30)31-22(4,5)6)9-8-10-27(15)19(23)25-17/h14H,8-13H2,1-7H3,(H,24,29)/t14-/m0/s1. The van der Waals surface area contributed by atoms with E-state index < -0.39 is 17.6 Å². The first kappa shape index (κ1) is 25.4. The number of fused-ring (bicyclic) bond motifs is 1. The van der Waals surface area contributed by atoms with Gasteiger partial charge in [0.25, 0.3) is 0 Å². The molecular formula is C22H35BrN4O4. The Hall–Kier alpha value is -1.90. The van der Waals surface area contributed by atoms with E-state index in [2.05, 4.69) is 26.2 Å². The SMILES string of the molecule is CNC(=O)[C@@H](CC(=O)c1nc(Br)n2c1CN(C(=O)OC(C)(C)C)CCC2)CC(C)(C)C. The van der Waals surface area contributed by atoms with Gasteiger partial charge in [-0.3, -0.25) is 9.59 Å². The lowest BCUT2D eigenvalue weighted by atomic mass is 9.81. The minimum absolute atomic E-state index is 0.0693. The number of hydrogen-bond acceptors (Lipinski definition) is 5. The third-order valence-electron chi connectivity index (χ3n) is 5.00. The zero-order chi connectivity index (χ0) is 23.6. The molecule has 1 N–H and O–H groups in total. The number of amides is 2. The number of carbonyl (C=O) groups is 3. The number of rotatable bonds is 5. The Bertz CT molecular complexity index is 836. The fraction of sp³-hybridized carbons (Fsp3) is 0.727. The molecule has 2 rings (SSSR count). The van der Waals surface area contributed by atoms with E-state index in [1.807, 2.05) is 46.1 Å². The topological polar surface area (TPSA) is 93.5 Å². The molecule has 0 unspecified atom stereocenters. The Morgan fingerprint density at radius 1 is 1.16 bits per heavy atom. The van der Waals surface area contributed by atoms with Crippen molar-refractivity contribution in [2.45, 2.75) is 79.5 Å². The molecule has 0 radical (unpaired) electrons. The van der Waals surface area contributed by atoms with Gasteiger partial charge in [0, 0.05) is 32.5 Å². The van der Waals surface area contributed by atoms with E-state index in [-0.39, 0.29) is 30.1 Å². The number of nitrogens with zero attached hydrogens (tertiary/aromatic N) is 3. The van der Waals surface area contributed by atoms with E-state index in [1.54, 1.807) is 11.9 Å². The lowest BCUT2D eigenvalue weighted by molar-refractivity contribution is -0.125. The van der Waals surface area contributed by atoms with Gasteiger partial charge in [-0.1, -0.05) is 20.8 Å². The maximum atomic E-state index is 13.3. The molecule has 0 saturated carbocycles. The highest BCUT2D eigenvalue weighted by molar-refractivity contribution is 9.10. The summed E-state index contributed by atoms with van der Waals surface area (Å²) in [5.41, 5.74) is 0.282. The monoisotopic (exact) mass is 498 g/mol. The van der Waals surface area contributed by atoms with E-state index in [0.29, 0.717) is 35.6 Å². The maximum Gasteiger partial charge on any atom is 0.410 e. The second-order valence-electron chi connectivity index (χ2n) is 10.3. The summed E-state index contributed by atoms with van der Waals surface area (Å²) in [6.07, 6.45) is 0.965. The number of carbonyl (C=O) groups excluding carboxylic acids is 3. The molecule has 0 spiro atoms. The normalized spacial score (nSPS) is 15.7. The Kier molecular flexibility index (Phi) is 7.94. The van der Waals surface area contributed by atoms with Gasteiger partial charge in [-0.2, -0.15) is 0 Å². The van der Waals surface area contributed by atoms with Gasteiger partial charge in [-0.15, -0.1) is 0 Å². The van der Waals surface area contributed by atoms with Gasteiger partial charge in [0.1, 0.15) is 11.3 Å². The van der Waals surface area contributed by atoms with Gasteiger partial charge in [0.05, 0.1) is 12.2 Å². The second-order valence-corrected chi connectivity index (χ2v) is 11.0. The first-order valence-electron chi connectivity index (χ1n) is 10.7. The zero-order valence-corrected chi connectivity index (χ0v) is 21.3. The van der Waals surface area contributed by atoms with Crippen LogP contribution in [0.4, 0.5) is 4.79 Å². The first-order valence-corrected chi connectivity index (χ1v) is 11.5. The van der Waals surface area contributed by atoms with Gasteiger partial charge < -0.3 is 19.5 Å². The smallest absolute Gasteiger partial charge is 0.410 e. The third kappa shape index (κ3) is 7.05. The lowest BCUT2D eigenvalue weighted by Gasteiger charge is -2.26. The number of aromatic nitrogens is 2. The highest BCUT2D eigenvalue weighted by Crippen LogP contribution is 2.30. The van der Waals surface area contributed by atoms with Crippen molar-refractivity contribution in [2.75, 3.05) is 13.6 Å². The van der Waals surface area contributed by atoms with Gasteiger partial charge in [-0.25, -0.2) is 9.78 Å². The molecule has 1 aromatic heterocycles. The van der Waals surface area contributed by atoms with Crippen LogP contribution in [0.1, 0.15) is 77.0 Å². The summed E-state index contributed by atoms with van der Waals surface area (Å²) < 4.78 is 8.01. The van der Waals surface area contributed by atoms with Crippen LogP contribution in [0.15, 0.2) is 4.73 Å². The molecule has 174 valence electrons. The van der Waals surface area contributed by atoms with Crippen LogP contribution in [0, 0.1) is 11.3 Å². The molecule has 1 aliphatic heterocycles. The minimum Gasteiger partial charge on any atom is -0.444 e. The largest absolute Gasteiger partial charge is 0.444 e. The van der Waals surface area contributed by atoms with Crippen molar-refractivity contribution in [3.63, 3.8) is 0 Å². The van der Waals surface area contributed by atoms with E-state index >= 15 is 0 Å². The molecule has 9 heteroatoms. The highest BCUT2D eigenvalue weighted by atomic mass is 79.9. The van der Waals surface area contributed by atoms with Crippen LogP contribution in [-0.4, -0.2) is 51.4 Å². The van der Waals surface area contributed by atoms with E-state index in [9.17, 15) is 14.4 Å². The molecular weight excluding hydrogens is 464 g/mol. The van der Waals surface area contributed by atoms with Crippen LogP contribution >= 0.6 is 15.9 Å². The average Bonchev–Trinajstić information content (AvgIpc) is 2.79. The van der Waals surface area contributed by atoms with Crippen molar-refractivity contribution < 1.29 is 19.1 Å². The number of nitrogens with one attached hydrogen (secondary N) is 1. The summed E-state index contributed by atoms with van der Waals surface area (Å²) in [4.78, 5) is 44.4. The van der Waals surface area contributed by atoms with Crippen LogP contribution in [-0.2, 0) is 22.6 Å². The summed E-state index contributed by atoms with van der Waals surface area (Å²) in [6.45, 7) is 13.0. The van der Waals surface area contributed by atoms with E-state index in [0.717, 1.165) is 6.42 Å². The second kappa shape index (κ2) is 9.71. The summed E-state index contributed by atoms with van der Waals surface area (Å²) in [5.74, 6) is -0.789. The number of halogens is 1. The average molecular weight is 499 g/mol. The van der Waals surface area contributed by atoms with Crippen LogP contribution in [0.2, 0.25) is 0 Å². The molecule has 0 aromatic carbocycles. The summed E-state index contributed by atoms with van der Waals surface area (Å²) in [6, 6.07) is 0. The Labute approximate surface area is 193 Å². The number of Topliss-reactive ketones (excluding diaryl/α,β-unsaturated/α-hetero) is 1. The number of hydrogen-bond donors (Lipinski definition) is 1. The quantitative estimate of drug-likeness (QED) is 0.615. The molecule has 0 aliphatic carbocycles. The molecule has 31 heavy (non-hydrogen) atoms.